The summed E-state index contributed by atoms with van der Waals surface area (Å²) in [4.78, 5) is 52.4. The third-order valence-electron chi connectivity index (χ3n) is 7.80. The topological polar surface area (TPSA) is 142 Å². The number of sulfone groups is 1. The Morgan fingerprint density at radius 2 is 1.77 bits per heavy atom. The molecule has 2 saturated heterocycles. The summed E-state index contributed by atoms with van der Waals surface area (Å²) < 4.78 is 77.1. The van der Waals surface area contributed by atoms with Crippen LogP contribution in [0.25, 0.3) is 0 Å². The first-order chi connectivity index (χ1) is 18.3. The summed E-state index contributed by atoms with van der Waals surface area (Å²) >= 11 is 0. The molecule has 1 saturated carbocycles. The summed E-state index contributed by atoms with van der Waals surface area (Å²) in [5.41, 5.74) is -1.14. The number of amides is 4. The van der Waals surface area contributed by atoms with E-state index in [2.05, 4.69) is 10.6 Å². The van der Waals surface area contributed by atoms with Gasteiger partial charge in [0.15, 0.2) is 0 Å². The lowest BCUT2D eigenvalue weighted by Crippen LogP contribution is -2.60. The van der Waals surface area contributed by atoms with Crippen LogP contribution in [0.4, 0.5) is 17.6 Å². The Bertz CT molecular complexity index is 1170. The number of fused-ring (bicyclic) bond motifs is 1. The predicted octanol–water partition coefficient (Wildman–Crippen LogP) is 1.57. The van der Waals surface area contributed by atoms with Crippen molar-refractivity contribution in [2.24, 2.45) is 23.2 Å². The highest BCUT2D eigenvalue weighted by Crippen LogP contribution is 2.43. The molecular weight excluding hydrogens is 560 g/mol. The van der Waals surface area contributed by atoms with E-state index in [9.17, 15) is 45.2 Å². The van der Waals surface area contributed by atoms with Crippen LogP contribution in [0, 0.1) is 23.2 Å². The predicted molar refractivity (Wildman–Crippen MR) is 135 cm³/mol. The molecule has 226 valence electrons. The molecular formula is C25H36F4N4O6S. The molecule has 3 aliphatic rings. The van der Waals surface area contributed by atoms with Crippen molar-refractivity contribution in [3.05, 3.63) is 11.2 Å². The third-order valence-corrected chi connectivity index (χ3v) is 8.65. The van der Waals surface area contributed by atoms with Gasteiger partial charge in [-0.25, -0.2) is 8.42 Å². The van der Waals surface area contributed by atoms with Crippen LogP contribution in [-0.2, 0) is 29.0 Å². The van der Waals surface area contributed by atoms with Crippen LogP contribution >= 0.6 is 0 Å². The SMILES string of the molecule is CC(C)(C)[C@@H](NC(=O)C(F)(F)F)C(=O)N1C[C@@H]2CCC[C@@H]2[C@H]1C(=O)N[C@@H](/C=C(\F)S(C)(=O)=O)C[C@@H]1CCNC1=O. The maximum absolute atomic E-state index is 14.5. The fourth-order valence-corrected chi connectivity index (χ4v) is 6.20. The van der Waals surface area contributed by atoms with Crippen LogP contribution < -0.4 is 16.0 Å². The van der Waals surface area contributed by atoms with Gasteiger partial charge in [-0.05, 0) is 49.0 Å². The second-order valence-electron chi connectivity index (χ2n) is 11.9. The number of hydrogen-bond donors (Lipinski definition) is 3. The van der Waals surface area contributed by atoms with Crippen molar-refractivity contribution >= 4 is 33.5 Å². The maximum Gasteiger partial charge on any atom is 0.471 e. The van der Waals surface area contributed by atoms with Crippen molar-refractivity contribution in [2.75, 3.05) is 19.3 Å². The molecule has 0 aromatic heterocycles. The number of nitrogens with zero attached hydrogens (tertiary/aromatic N) is 1. The molecule has 4 amide bonds. The van der Waals surface area contributed by atoms with Gasteiger partial charge < -0.3 is 20.9 Å². The Hall–Kier alpha value is -2.71. The van der Waals surface area contributed by atoms with Gasteiger partial charge in [0.1, 0.15) is 12.1 Å². The van der Waals surface area contributed by atoms with Crippen molar-refractivity contribution in [1.82, 2.24) is 20.9 Å². The molecule has 2 heterocycles. The normalized spacial score (nSPS) is 27.1. The van der Waals surface area contributed by atoms with Crippen LogP contribution in [0.1, 0.15) is 52.9 Å². The van der Waals surface area contributed by atoms with E-state index < -0.39 is 68.4 Å². The first-order valence-corrected chi connectivity index (χ1v) is 15.0. The second-order valence-corrected chi connectivity index (χ2v) is 13.9. The van der Waals surface area contributed by atoms with E-state index >= 15 is 0 Å². The minimum absolute atomic E-state index is 0.0826. The molecule has 0 aromatic rings. The molecule has 0 unspecified atom stereocenters. The van der Waals surface area contributed by atoms with Gasteiger partial charge in [0.05, 0.1) is 6.04 Å². The quantitative estimate of drug-likeness (QED) is 0.364. The number of carbonyl (C=O) groups is 4. The lowest BCUT2D eigenvalue weighted by atomic mass is 9.85. The highest BCUT2D eigenvalue weighted by Gasteiger charge is 2.53. The van der Waals surface area contributed by atoms with Gasteiger partial charge in [-0.2, -0.15) is 17.6 Å². The molecule has 10 nitrogen and oxygen atoms in total. The molecule has 15 heteroatoms. The highest BCUT2D eigenvalue weighted by molar-refractivity contribution is 7.94. The van der Waals surface area contributed by atoms with Crippen molar-refractivity contribution in [1.29, 1.82) is 0 Å². The molecule has 3 N–H and O–H groups in total. The third kappa shape index (κ3) is 7.32. The van der Waals surface area contributed by atoms with Crippen LogP contribution in [0.3, 0.4) is 0 Å². The zero-order valence-electron chi connectivity index (χ0n) is 22.8. The van der Waals surface area contributed by atoms with E-state index in [4.69, 9.17) is 0 Å². The van der Waals surface area contributed by atoms with Gasteiger partial charge in [0.2, 0.25) is 32.7 Å². The largest absolute Gasteiger partial charge is 0.471 e. The summed E-state index contributed by atoms with van der Waals surface area (Å²) in [7, 11) is -4.24. The summed E-state index contributed by atoms with van der Waals surface area (Å²) in [6.07, 6.45) is -1.55. The Morgan fingerprint density at radius 3 is 2.30 bits per heavy atom. The number of nitrogens with one attached hydrogen (secondary N) is 3. The summed E-state index contributed by atoms with van der Waals surface area (Å²) in [5, 5.41) is 5.50. The number of likely N-dealkylation sites (tertiary alicyclic amines) is 1. The standard InChI is InChI=1S/C25H36F4N4O6S/c1-24(2,3)19(32-23(37)25(27,28)29)22(36)33-12-14-6-5-7-16(14)18(33)21(35)31-15(11-17(26)40(4,38)39)10-13-8-9-30-20(13)34/h11,13-16,18-19H,5-10,12H2,1-4H3,(H,30,34)(H,31,35)(H,32,37)/b17-11+/t13-,14-,15+,16-,18-,19-/m0/s1. The van der Waals surface area contributed by atoms with Gasteiger partial charge in [-0.1, -0.05) is 27.2 Å². The summed E-state index contributed by atoms with van der Waals surface area (Å²) in [6, 6.07) is -3.95. The van der Waals surface area contributed by atoms with E-state index in [0.29, 0.717) is 38.1 Å². The van der Waals surface area contributed by atoms with E-state index in [0.717, 1.165) is 6.42 Å². The number of hydrogen-bond acceptors (Lipinski definition) is 6. The van der Waals surface area contributed by atoms with Crippen molar-refractivity contribution < 1.29 is 45.2 Å². The van der Waals surface area contributed by atoms with Gasteiger partial charge in [-0.3, -0.25) is 19.2 Å². The summed E-state index contributed by atoms with van der Waals surface area (Å²) in [6.45, 7) is 4.91. The number of rotatable bonds is 8. The molecule has 2 aliphatic heterocycles. The van der Waals surface area contributed by atoms with Crippen LogP contribution in [-0.4, -0.2) is 80.6 Å². The zero-order chi connectivity index (χ0) is 30.2. The number of halogens is 4. The molecule has 0 bridgehead atoms. The monoisotopic (exact) mass is 596 g/mol. The Labute approximate surface area is 230 Å². The second kappa shape index (κ2) is 11.6. The minimum Gasteiger partial charge on any atom is -0.356 e. The molecule has 40 heavy (non-hydrogen) atoms. The van der Waals surface area contributed by atoms with E-state index in [-0.39, 0.29) is 30.7 Å². The highest BCUT2D eigenvalue weighted by atomic mass is 32.2. The smallest absolute Gasteiger partial charge is 0.356 e. The van der Waals surface area contributed by atoms with Crippen molar-refractivity contribution in [3.63, 3.8) is 0 Å². The zero-order valence-corrected chi connectivity index (χ0v) is 23.6. The number of alkyl halides is 3. The first kappa shape index (κ1) is 31.8. The van der Waals surface area contributed by atoms with Gasteiger partial charge in [0.25, 0.3) is 0 Å². The van der Waals surface area contributed by atoms with E-state index in [1.165, 1.54) is 25.7 Å². The van der Waals surface area contributed by atoms with Gasteiger partial charge in [-0.15, -0.1) is 0 Å². The van der Waals surface area contributed by atoms with Gasteiger partial charge in [0, 0.05) is 25.3 Å². The van der Waals surface area contributed by atoms with Crippen LogP contribution in [0.5, 0.6) is 0 Å². The van der Waals surface area contributed by atoms with Crippen molar-refractivity contribution in [3.8, 4) is 0 Å². The molecule has 1 aliphatic carbocycles. The number of carbonyl (C=O) groups excluding carboxylic acids is 4. The Morgan fingerprint density at radius 1 is 1.12 bits per heavy atom. The van der Waals surface area contributed by atoms with Crippen molar-refractivity contribution in [2.45, 2.75) is 77.2 Å². The lowest BCUT2D eigenvalue weighted by molar-refractivity contribution is -0.176. The molecule has 3 rings (SSSR count). The molecule has 6 atom stereocenters. The van der Waals surface area contributed by atoms with Crippen LogP contribution in [0.15, 0.2) is 11.2 Å². The fourth-order valence-electron chi connectivity index (χ4n) is 5.79. The minimum atomic E-state index is -5.22. The molecule has 0 spiro atoms. The van der Waals surface area contributed by atoms with E-state index in [1.54, 1.807) is 5.32 Å². The van der Waals surface area contributed by atoms with Crippen LogP contribution in [0.2, 0.25) is 0 Å². The molecule has 0 aromatic carbocycles. The lowest BCUT2D eigenvalue weighted by Gasteiger charge is -2.36. The maximum atomic E-state index is 14.5. The first-order valence-electron chi connectivity index (χ1n) is 13.1. The average molecular weight is 597 g/mol. The molecule has 0 radical (unpaired) electrons. The fraction of sp³-hybridized carbons (Fsp3) is 0.760. The Kier molecular flexibility index (Phi) is 9.26. The summed E-state index contributed by atoms with van der Waals surface area (Å²) in [5.74, 6) is -5.25. The Balaban J connectivity index is 1.91. The van der Waals surface area contributed by atoms with E-state index in [1.807, 2.05) is 0 Å². The van der Waals surface area contributed by atoms with Gasteiger partial charge >= 0.3 is 12.1 Å². The average Bonchev–Trinajstić information content (AvgIpc) is 3.50. The molecule has 3 fully saturated rings.